The maximum absolute atomic E-state index is 13.5. The first-order valence-electron chi connectivity index (χ1n) is 8.19. The normalized spacial score (nSPS) is 19.6. The molecule has 25 heavy (non-hydrogen) atoms. The van der Waals surface area contributed by atoms with Crippen molar-refractivity contribution in [2.24, 2.45) is 5.92 Å². The van der Waals surface area contributed by atoms with Crippen molar-refractivity contribution < 1.29 is 9.13 Å². The predicted molar refractivity (Wildman–Crippen MR) is 98.7 cm³/mol. The quantitative estimate of drug-likeness (QED) is 0.736. The molecule has 4 nitrogen and oxygen atoms in total. The van der Waals surface area contributed by atoms with Crippen LogP contribution in [0.4, 0.5) is 10.1 Å². The van der Waals surface area contributed by atoms with Gasteiger partial charge in [0.05, 0.1) is 22.5 Å². The van der Waals surface area contributed by atoms with E-state index >= 15 is 0 Å². The molecule has 2 aromatic heterocycles. The highest BCUT2D eigenvalue weighted by molar-refractivity contribution is 6.35. The van der Waals surface area contributed by atoms with Crippen LogP contribution < -0.4 is 5.32 Å². The highest BCUT2D eigenvalue weighted by atomic mass is 35.5. The van der Waals surface area contributed by atoms with Gasteiger partial charge < -0.3 is 10.1 Å². The summed E-state index contributed by atoms with van der Waals surface area (Å²) in [5.41, 5.74) is 1.78. The summed E-state index contributed by atoms with van der Waals surface area (Å²) < 4.78 is 19.2. The number of nitrogens with zero attached hydrogens (tertiary/aromatic N) is 2. The third-order valence-corrected chi connectivity index (χ3v) is 4.95. The van der Waals surface area contributed by atoms with Gasteiger partial charge in [0.2, 0.25) is 5.95 Å². The topological polar surface area (TPSA) is 47.0 Å². The number of hydrogen-bond donors (Lipinski definition) is 1. The van der Waals surface area contributed by atoms with E-state index in [1.165, 1.54) is 12.3 Å². The lowest BCUT2D eigenvalue weighted by molar-refractivity contribution is -0.0699. The molecule has 0 aliphatic carbocycles. The molecule has 1 saturated heterocycles. The summed E-state index contributed by atoms with van der Waals surface area (Å²) in [5.74, 6) is -0.0944. The number of nitrogens with one attached hydrogen (secondary N) is 1. The number of hydrogen-bond acceptors (Lipinski definition) is 4. The van der Waals surface area contributed by atoms with Gasteiger partial charge in [-0.3, -0.25) is 0 Å². The zero-order valence-electron chi connectivity index (χ0n) is 14.2. The lowest BCUT2D eigenvalue weighted by Gasteiger charge is -2.35. The van der Waals surface area contributed by atoms with Crippen LogP contribution in [0.15, 0.2) is 24.5 Å². The molecule has 0 bridgehead atoms. The Balaban J connectivity index is 1.77. The Kier molecular flexibility index (Phi) is 5.46. The number of pyridine rings is 2. The standard InChI is InChI=1S/C18H20Cl2FN3O/c1-18(2)7-11(3-4-25-18)8-22-12-5-14(17(20)24-9-12)13-6-16(21)23-10-15(13)19/h5-6,9-11,22H,3-4,7-8H2,1-2H3. The fourth-order valence-corrected chi connectivity index (χ4v) is 3.56. The van der Waals surface area contributed by atoms with E-state index in [2.05, 4.69) is 29.1 Å². The van der Waals surface area contributed by atoms with Crippen LogP contribution in [0, 0.1) is 11.9 Å². The second-order valence-electron chi connectivity index (χ2n) is 6.90. The molecule has 134 valence electrons. The van der Waals surface area contributed by atoms with E-state index in [-0.39, 0.29) is 10.8 Å². The van der Waals surface area contributed by atoms with Gasteiger partial charge in [-0.2, -0.15) is 4.39 Å². The molecule has 0 spiro atoms. The lowest BCUT2D eigenvalue weighted by Crippen LogP contribution is -2.36. The molecule has 2 aromatic rings. The molecule has 1 aliphatic rings. The van der Waals surface area contributed by atoms with Gasteiger partial charge in [-0.15, -0.1) is 0 Å². The Morgan fingerprint density at radius 3 is 2.80 bits per heavy atom. The zero-order valence-corrected chi connectivity index (χ0v) is 15.7. The van der Waals surface area contributed by atoms with Gasteiger partial charge in [0.1, 0.15) is 5.15 Å². The molecule has 0 radical (unpaired) electrons. The van der Waals surface area contributed by atoms with E-state index in [4.69, 9.17) is 27.9 Å². The van der Waals surface area contributed by atoms with Crippen molar-refractivity contribution in [1.29, 1.82) is 0 Å². The summed E-state index contributed by atoms with van der Waals surface area (Å²) in [6, 6.07) is 3.09. The van der Waals surface area contributed by atoms with Gasteiger partial charge in [-0.1, -0.05) is 23.2 Å². The van der Waals surface area contributed by atoms with Gasteiger partial charge in [0, 0.05) is 36.5 Å². The summed E-state index contributed by atoms with van der Waals surface area (Å²) in [5, 5.41) is 3.99. The molecule has 1 aliphatic heterocycles. The van der Waals surface area contributed by atoms with E-state index in [0.29, 0.717) is 22.1 Å². The molecule has 0 saturated carbocycles. The summed E-state index contributed by atoms with van der Waals surface area (Å²) >= 11 is 12.3. The maximum Gasteiger partial charge on any atom is 0.213 e. The fourth-order valence-electron chi connectivity index (χ4n) is 3.15. The SMILES string of the molecule is CC1(C)CC(CNc2cnc(Cl)c(-c3cc(F)ncc3Cl)c2)CCO1. The largest absolute Gasteiger partial charge is 0.384 e. The van der Waals surface area contributed by atoms with Gasteiger partial charge in [0.15, 0.2) is 0 Å². The molecule has 7 heteroatoms. The zero-order chi connectivity index (χ0) is 18.0. The van der Waals surface area contributed by atoms with E-state index < -0.39 is 5.95 Å². The molecule has 0 amide bonds. The van der Waals surface area contributed by atoms with Gasteiger partial charge >= 0.3 is 0 Å². The number of anilines is 1. The third kappa shape index (κ3) is 4.60. The van der Waals surface area contributed by atoms with E-state index in [1.807, 2.05) is 6.07 Å². The first kappa shape index (κ1) is 18.4. The summed E-state index contributed by atoms with van der Waals surface area (Å²) in [7, 11) is 0. The minimum atomic E-state index is -0.613. The second kappa shape index (κ2) is 7.44. The highest BCUT2D eigenvalue weighted by Crippen LogP contribution is 2.34. The van der Waals surface area contributed by atoms with Crippen LogP contribution in [0.1, 0.15) is 26.7 Å². The average Bonchev–Trinajstić information content (AvgIpc) is 2.56. The first-order chi connectivity index (χ1) is 11.8. The van der Waals surface area contributed by atoms with Gasteiger partial charge in [0.25, 0.3) is 0 Å². The van der Waals surface area contributed by atoms with Crippen LogP contribution in [-0.2, 0) is 4.74 Å². The van der Waals surface area contributed by atoms with Crippen molar-refractivity contribution in [2.75, 3.05) is 18.5 Å². The highest BCUT2D eigenvalue weighted by Gasteiger charge is 2.28. The number of aromatic nitrogens is 2. The van der Waals surface area contributed by atoms with Crippen LogP contribution in [0.5, 0.6) is 0 Å². The molecule has 1 atom stereocenters. The van der Waals surface area contributed by atoms with Crippen molar-refractivity contribution in [3.05, 3.63) is 40.6 Å². The van der Waals surface area contributed by atoms with Gasteiger partial charge in [-0.05, 0) is 38.7 Å². The second-order valence-corrected chi connectivity index (χ2v) is 7.66. The summed E-state index contributed by atoms with van der Waals surface area (Å²) in [4.78, 5) is 7.73. The van der Waals surface area contributed by atoms with Crippen molar-refractivity contribution in [1.82, 2.24) is 9.97 Å². The van der Waals surface area contributed by atoms with Crippen molar-refractivity contribution in [2.45, 2.75) is 32.3 Å². The molecule has 3 heterocycles. The number of ether oxygens (including phenoxy) is 1. The smallest absolute Gasteiger partial charge is 0.213 e. The van der Waals surface area contributed by atoms with E-state index in [0.717, 1.165) is 31.7 Å². The monoisotopic (exact) mass is 383 g/mol. The molecule has 1 unspecified atom stereocenters. The Morgan fingerprint density at radius 2 is 2.04 bits per heavy atom. The molecule has 3 rings (SSSR count). The Hall–Kier alpha value is -1.43. The fraction of sp³-hybridized carbons (Fsp3) is 0.444. The van der Waals surface area contributed by atoms with Crippen molar-refractivity contribution in [3.63, 3.8) is 0 Å². The molecule has 0 aromatic carbocycles. The van der Waals surface area contributed by atoms with Crippen LogP contribution >= 0.6 is 23.2 Å². The summed E-state index contributed by atoms with van der Waals surface area (Å²) in [6.07, 6.45) is 4.95. The maximum atomic E-state index is 13.5. The van der Waals surface area contributed by atoms with Crippen LogP contribution in [0.25, 0.3) is 11.1 Å². The van der Waals surface area contributed by atoms with Crippen LogP contribution in [0.3, 0.4) is 0 Å². The minimum Gasteiger partial charge on any atom is -0.384 e. The Morgan fingerprint density at radius 1 is 1.24 bits per heavy atom. The third-order valence-electron chi connectivity index (χ3n) is 4.35. The van der Waals surface area contributed by atoms with E-state index in [9.17, 15) is 4.39 Å². The summed E-state index contributed by atoms with van der Waals surface area (Å²) in [6.45, 7) is 5.81. The van der Waals surface area contributed by atoms with Crippen molar-refractivity contribution in [3.8, 4) is 11.1 Å². The van der Waals surface area contributed by atoms with E-state index in [1.54, 1.807) is 6.20 Å². The molecular weight excluding hydrogens is 364 g/mol. The van der Waals surface area contributed by atoms with Crippen molar-refractivity contribution >= 4 is 28.9 Å². The molecule has 1 fully saturated rings. The van der Waals surface area contributed by atoms with Crippen LogP contribution in [0.2, 0.25) is 10.2 Å². The number of rotatable bonds is 4. The number of halogens is 3. The Labute approximate surface area is 156 Å². The predicted octanol–water partition coefficient (Wildman–Crippen LogP) is 5.21. The van der Waals surface area contributed by atoms with Gasteiger partial charge in [-0.25, -0.2) is 9.97 Å². The Bertz CT molecular complexity index is 770. The first-order valence-corrected chi connectivity index (χ1v) is 8.94. The minimum absolute atomic E-state index is 0.0872. The molecule has 1 N–H and O–H groups in total. The molecular formula is C18H20Cl2FN3O. The van der Waals surface area contributed by atoms with Crippen LogP contribution in [-0.4, -0.2) is 28.7 Å². The lowest BCUT2D eigenvalue weighted by atomic mass is 9.88. The average molecular weight is 384 g/mol.